The van der Waals surface area contributed by atoms with E-state index >= 15 is 0 Å². The van der Waals surface area contributed by atoms with Crippen LogP contribution in [0.1, 0.15) is 5.56 Å². The number of halogens is 12. The molecule has 0 saturated heterocycles. The first-order valence-electron chi connectivity index (χ1n) is 4.52. The van der Waals surface area contributed by atoms with Crippen molar-refractivity contribution in [3.63, 3.8) is 0 Å². The van der Waals surface area contributed by atoms with Crippen molar-refractivity contribution in [2.75, 3.05) is 0 Å². The van der Waals surface area contributed by atoms with Gasteiger partial charge in [-0.05, 0) is 22.6 Å². The molecule has 0 amide bonds. The molecule has 1 rings (SSSR count). The lowest BCUT2D eigenvalue weighted by molar-refractivity contribution is -0.360. The van der Waals surface area contributed by atoms with Crippen LogP contribution in [0.25, 0.3) is 0 Å². The smallest absolute Gasteiger partial charge is 0.203 e. The van der Waals surface area contributed by atoms with Crippen LogP contribution in [-0.4, -0.2) is 12.1 Å². The zero-order valence-electron chi connectivity index (χ0n) is 9.04. The Morgan fingerprint density at radius 2 is 1.00 bits per heavy atom. The van der Waals surface area contributed by atoms with E-state index in [1.807, 2.05) is 0 Å². The highest BCUT2D eigenvalue weighted by Crippen LogP contribution is 2.53. The molecular weight excluding hydrogens is 444 g/mol. The van der Waals surface area contributed by atoms with Gasteiger partial charge in [0.2, 0.25) is 0 Å². The minimum absolute atomic E-state index is 0.364. The highest BCUT2D eigenvalue weighted by atomic mass is 127. The molecule has 1 aromatic carbocycles. The zero-order chi connectivity index (χ0) is 17.0. The molecule has 1 aromatic rings. The Bertz CT molecular complexity index is 545. The van der Waals surface area contributed by atoms with E-state index in [0.29, 0.717) is 22.6 Å². The Hall–Kier alpha value is -0.820. The quantitative estimate of drug-likeness (QED) is 0.257. The predicted octanol–water partition coefficient (Wildman–Crippen LogP) is 5.14. The second kappa shape index (κ2) is 5.12. The van der Waals surface area contributed by atoms with Gasteiger partial charge in [0.1, 0.15) is 0 Å². The van der Waals surface area contributed by atoms with Gasteiger partial charge < -0.3 is 0 Å². The molecule has 0 radical (unpaired) electrons. The van der Waals surface area contributed by atoms with Crippen molar-refractivity contribution in [3.05, 3.63) is 32.4 Å². The summed E-state index contributed by atoms with van der Waals surface area (Å²) in [7, 11) is 0. The maximum atomic E-state index is 13.3. The SMILES string of the molecule is Fc1c(F)c(F)c(C(F)(F)C(F)(F)C(F)(F)F)c(I)c1F. The van der Waals surface area contributed by atoms with Gasteiger partial charge in [-0.2, -0.15) is 30.7 Å². The van der Waals surface area contributed by atoms with Crippen LogP contribution in [0.4, 0.5) is 48.3 Å². The molecule has 0 saturated carbocycles. The Morgan fingerprint density at radius 1 is 0.619 bits per heavy atom. The summed E-state index contributed by atoms with van der Waals surface area (Å²) in [5, 5.41) is 0. The number of alkyl halides is 7. The van der Waals surface area contributed by atoms with E-state index in [9.17, 15) is 48.3 Å². The van der Waals surface area contributed by atoms with Crippen molar-refractivity contribution < 1.29 is 48.3 Å². The predicted molar refractivity (Wildman–Crippen MR) is 53.9 cm³/mol. The summed E-state index contributed by atoms with van der Waals surface area (Å²) >= 11 is 0.364. The van der Waals surface area contributed by atoms with Crippen LogP contribution < -0.4 is 0 Å². The lowest BCUT2D eigenvalue weighted by Gasteiger charge is -2.29. The molecule has 0 aliphatic carbocycles. The Labute approximate surface area is 122 Å². The monoisotopic (exact) mass is 444 g/mol. The molecule has 12 heteroatoms. The molecule has 0 N–H and O–H groups in total. The largest absolute Gasteiger partial charge is 0.460 e. The van der Waals surface area contributed by atoms with Crippen molar-refractivity contribution in [3.8, 4) is 0 Å². The van der Waals surface area contributed by atoms with Crippen LogP contribution in [0.2, 0.25) is 0 Å². The third-order valence-electron chi connectivity index (χ3n) is 2.27. The minimum atomic E-state index is -6.84. The highest BCUT2D eigenvalue weighted by molar-refractivity contribution is 14.1. The van der Waals surface area contributed by atoms with Crippen molar-refractivity contribution >= 4 is 22.6 Å². The molecule has 0 aliphatic rings. The van der Waals surface area contributed by atoms with E-state index in [0.717, 1.165) is 0 Å². The fourth-order valence-corrected chi connectivity index (χ4v) is 2.03. The summed E-state index contributed by atoms with van der Waals surface area (Å²) in [6.45, 7) is 0. The van der Waals surface area contributed by atoms with Gasteiger partial charge >= 0.3 is 18.0 Å². The number of benzene rings is 1. The summed E-state index contributed by atoms with van der Waals surface area (Å²) < 4.78 is 138. The van der Waals surface area contributed by atoms with Crippen LogP contribution in [0.15, 0.2) is 0 Å². The highest BCUT2D eigenvalue weighted by Gasteiger charge is 2.74. The maximum absolute atomic E-state index is 13.3. The Kier molecular flexibility index (Phi) is 4.45. The fourth-order valence-electron chi connectivity index (χ4n) is 1.22. The third-order valence-corrected chi connectivity index (χ3v) is 3.29. The van der Waals surface area contributed by atoms with Gasteiger partial charge in [0, 0.05) is 0 Å². The van der Waals surface area contributed by atoms with Gasteiger partial charge in [0.15, 0.2) is 23.3 Å². The maximum Gasteiger partial charge on any atom is 0.460 e. The average Bonchev–Trinajstić information content (AvgIpc) is 2.32. The summed E-state index contributed by atoms with van der Waals surface area (Å²) in [5.74, 6) is -24.3. The van der Waals surface area contributed by atoms with E-state index in [4.69, 9.17) is 0 Å². The van der Waals surface area contributed by atoms with Crippen molar-refractivity contribution in [1.29, 1.82) is 0 Å². The van der Waals surface area contributed by atoms with E-state index in [1.165, 1.54) is 0 Å². The van der Waals surface area contributed by atoms with Gasteiger partial charge in [0.05, 0.1) is 9.13 Å². The Morgan fingerprint density at radius 3 is 1.38 bits per heavy atom. The molecule has 0 atom stereocenters. The van der Waals surface area contributed by atoms with Crippen molar-refractivity contribution in [2.45, 2.75) is 18.0 Å². The van der Waals surface area contributed by atoms with Crippen molar-refractivity contribution in [1.82, 2.24) is 0 Å². The van der Waals surface area contributed by atoms with Crippen LogP contribution in [-0.2, 0) is 5.92 Å². The molecule has 0 fully saturated rings. The van der Waals surface area contributed by atoms with Gasteiger partial charge in [-0.25, -0.2) is 17.6 Å². The molecule has 0 aliphatic heterocycles. The topological polar surface area (TPSA) is 0 Å². The average molecular weight is 444 g/mol. The minimum Gasteiger partial charge on any atom is -0.203 e. The van der Waals surface area contributed by atoms with Crippen LogP contribution >= 0.6 is 22.6 Å². The zero-order valence-corrected chi connectivity index (χ0v) is 11.2. The normalized spacial score (nSPS) is 13.7. The Balaban J connectivity index is 3.76. The van der Waals surface area contributed by atoms with Gasteiger partial charge in [-0.1, -0.05) is 0 Å². The van der Waals surface area contributed by atoms with E-state index in [-0.39, 0.29) is 0 Å². The first kappa shape index (κ1) is 18.2. The first-order chi connectivity index (χ1) is 9.18. The van der Waals surface area contributed by atoms with Crippen molar-refractivity contribution in [2.24, 2.45) is 0 Å². The number of hydrogen-bond acceptors (Lipinski definition) is 0. The standard InChI is InChI=1S/C9F11I/c10-2-1(6(21)5(13)4(12)3(2)11)7(14,15)8(16,17)9(18,19)20. The number of rotatable bonds is 2. The lowest BCUT2D eigenvalue weighted by Crippen LogP contribution is -2.51. The molecule has 0 heterocycles. The second-order valence-corrected chi connectivity index (χ2v) is 4.67. The van der Waals surface area contributed by atoms with Crippen LogP contribution in [0.3, 0.4) is 0 Å². The summed E-state index contributed by atoms with van der Waals surface area (Å²) in [4.78, 5) is 0. The van der Waals surface area contributed by atoms with Gasteiger partial charge in [-0.15, -0.1) is 0 Å². The molecule has 0 unspecified atom stereocenters. The number of hydrogen-bond donors (Lipinski definition) is 0. The van der Waals surface area contributed by atoms with E-state index in [2.05, 4.69) is 0 Å². The van der Waals surface area contributed by atoms with E-state index in [1.54, 1.807) is 0 Å². The molecule has 0 aromatic heterocycles. The van der Waals surface area contributed by atoms with Gasteiger partial charge in [0.25, 0.3) is 0 Å². The second-order valence-electron chi connectivity index (χ2n) is 3.59. The van der Waals surface area contributed by atoms with Crippen LogP contribution in [0, 0.1) is 26.8 Å². The first-order valence-corrected chi connectivity index (χ1v) is 5.60. The third kappa shape index (κ3) is 2.54. The summed E-state index contributed by atoms with van der Waals surface area (Å²) in [5.41, 5.74) is -2.91. The molecule has 0 bridgehead atoms. The van der Waals surface area contributed by atoms with Gasteiger partial charge in [-0.3, -0.25) is 0 Å². The lowest BCUT2D eigenvalue weighted by atomic mass is 10.0. The summed E-state index contributed by atoms with van der Waals surface area (Å²) in [6, 6.07) is 0. The van der Waals surface area contributed by atoms with E-state index < -0.39 is 50.4 Å². The van der Waals surface area contributed by atoms with Crippen LogP contribution in [0.5, 0.6) is 0 Å². The fraction of sp³-hybridized carbons (Fsp3) is 0.333. The molecular formula is C9F11I. The summed E-state index contributed by atoms with van der Waals surface area (Å²) in [6.07, 6.45) is -6.84. The molecule has 0 spiro atoms. The molecule has 21 heavy (non-hydrogen) atoms. The molecule has 120 valence electrons. The molecule has 0 nitrogen and oxygen atoms in total.